The van der Waals surface area contributed by atoms with E-state index in [-0.39, 0.29) is 18.7 Å². The molecule has 6 heteroatoms. The van der Waals surface area contributed by atoms with Crippen molar-refractivity contribution < 1.29 is 23.8 Å². The van der Waals surface area contributed by atoms with Crippen molar-refractivity contribution >= 4 is 5.97 Å². The van der Waals surface area contributed by atoms with Crippen LogP contribution >= 0.6 is 0 Å². The number of carboxylic acids is 1. The largest absolute Gasteiger partial charge is 0.480 e. The maximum Gasteiger partial charge on any atom is 0.317 e. The van der Waals surface area contributed by atoms with Gasteiger partial charge in [0.1, 0.15) is 0 Å². The topological polar surface area (TPSA) is 69.6 Å². The van der Waals surface area contributed by atoms with Gasteiger partial charge in [0.05, 0.1) is 12.6 Å². The van der Waals surface area contributed by atoms with Crippen LogP contribution in [0.5, 0.6) is 0 Å². The molecule has 88 valence electrons. The fourth-order valence-corrected chi connectivity index (χ4v) is 1.15. The summed E-state index contributed by atoms with van der Waals surface area (Å²) in [6, 6.07) is 3.03. The highest BCUT2D eigenvalue weighted by Crippen LogP contribution is 2.15. The Kier molecular flexibility index (Phi) is 4.33. The van der Waals surface area contributed by atoms with E-state index in [1.807, 2.05) is 0 Å². The second-order valence-corrected chi connectivity index (χ2v) is 3.21. The normalized spacial score (nSPS) is 12.4. The molecule has 0 saturated heterocycles. The molecule has 1 rings (SSSR count). The first-order valence-corrected chi connectivity index (χ1v) is 4.56. The smallest absolute Gasteiger partial charge is 0.317 e. The summed E-state index contributed by atoms with van der Waals surface area (Å²) in [5.74, 6) is -3.10. The first-order chi connectivity index (χ1) is 7.50. The van der Waals surface area contributed by atoms with Crippen LogP contribution in [-0.4, -0.2) is 29.3 Å². The molecular formula is C10H11F2NO3. The van der Waals surface area contributed by atoms with Gasteiger partial charge in [0, 0.05) is 6.54 Å². The Morgan fingerprint density at radius 2 is 2.06 bits per heavy atom. The SMILES string of the molecule is O=C(O)CNCC(O)c1ccc(F)c(F)c1. The Hall–Kier alpha value is -1.53. The van der Waals surface area contributed by atoms with Gasteiger partial charge < -0.3 is 15.5 Å². The van der Waals surface area contributed by atoms with Gasteiger partial charge in [-0.15, -0.1) is 0 Å². The van der Waals surface area contributed by atoms with E-state index in [0.29, 0.717) is 0 Å². The van der Waals surface area contributed by atoms with Crippen LogP contribution in [0, 0.1) is 11.6 Å². The van der Waals surface area contributed by atoms with Gasteiger partial charge in [0.15, 0.2) is 11.6 Å². The number of aliphatic hydroxyl groups is 1. The Bertz CT molecular complexity index is 384. The predicted octanol–water partition coefficient (Wildman–Crippen LogP) is 0.672. The minimum atomic E-state index is -1.07. The summed E-state index contributed by atoms with van der Waals surface area (Å²) in [7, 11) is 0. The lowest BCUT2D eigenvalue weighted by molar-refractivity contribution is -0.136. The number of benzene rings is 1. The summed E-state index contributed by atoms with van der Waals surface area (Å²) in [5, 5.41) is 20.3. The van der Waals surface area contributed by atoms with Crippen LogP contribution in [-0.2, 0) is 4.79 Å². The van der Waals surface area contributed by atoms with Crippen LogP contribution in [0.2, 0.25) is 0 Å². The molecule has 0 radical (unpaired) electrons. The molecule has 0 heterocycles. The van der Waals surface area contributed by atoms with Crippen LogP contribution in [0.15, 0.2) is 18.2 Å². The fraction of sp³-hybridized carbons (Fsp3) is 0.300. The number of aliphatic carboxylic acids is 1. The molecule has 1 atom stereocenters. The number of hydrogen-bond acceptors (Lipinski definition) is 3. The Labute approximate surface area is 90.5 Å². The molecule has 1 unspecified atom stereocenters. The lowest BCUT2D eigenvalue weighted by atomic mass is 10.1. The molecule has 4 nitrogen and oxygen atoms in total. The molecule has 0 aliphatic heterocycles. The molecular weight excluding hydrogens is 220 g/mol. The monoisotopic (exact) mass is 231 g/mol. The number of aliphatic hydroxyl groups excluding tert-OH is 1. The zero-order valence-electron chi connectivity index (χ0n) is 8.28. The van der Waals surface area contributed by atoms with Crippen molar-refractivity contribution in [2.45, 2.75) is 6.10 Å². The standard InChI is InChI=1S/C10H11F2NO3/c11-7-2-1-6(3-8(7)12)9(14)4-13-5-10(15)16/h1-3,9,13-14H,4-5H2,(H,15,16). The lowest BCUT2D eigenvalue weighted by Gasteiger charge is -2.11. The van der Waals surface area contributed by atoms with Crippen molar-refractivity contribution in [3.05, 3.63) is 35.4 Å². The van der Waals surface area contributed by atoms with E-state index in [4.69, 9.17) is 5.11 Å². The average Bonchev–Trinajstić information content (AvgIpc) is 2.21. The van der Waals surface area contributed by atoms with Crippen molar-refractivity contribution in [2.24, 2.45) is 0 Å². The summed E-state index contributed by atoms with van der Waals surface area (Å²) in [6.45, 7) is -0.349. The summed E-state index contributed by atoms with van der Waals surface area (Å²) >= 11 is 0. The third-order valence-corrected chi connectivity index (χ3v) is 1.94. The van der Waals surface area contributed by atoms with Crippen LogP contribution in [0.1, 0.15) is 11.7 Å². The van der Waals surface area contributed by atoms with Crippen molar-refractivity contribution in [3.8, 4) is 0 Å². The molecule has 16 heavy (non-hydrogen) atoms. The van der Waals surface area contributed by atoms with Crippen molar-refractivity contribution in [3.63, 3.8) is 0 Å². The predicted molar refractivity (Wildman–Crippen MR) is 51.8 cm³/mol. The molecule has 0 spiro atoms. The van der Waals surface area contributed by atoms with E-state index in [2.05, 4.69) is 5.32 Å². The van der Waals surface area contributed by atoms with E-state index in [0.717, 1.165) is 12.1 Å². The maximum absolute atomic E-state index is 12.8. The van der Waals surface area contributed by atoms with Gasteiger partial charge >= 0.3 is 5.97 Å². The van der Waals surface area contributed by atoms with Crippen molar-refractivity contribution in [1.29, 1.82) is 0 Å². The lowest BCUT2D eigenvalue weighted by Crippen LogP contribution is -2.27. The minimum Gasteiger partial charge on any atom is -0.480 e. The number of halogens is 2. The zero-order chi connectivity index (χ0) is 12.1. The molecule has 0 amide bonds. The van der Waals surface area contributed by atoms with Gasteiger partial charge in [-0.1, -0.05) is 6.07 Å². The molecule has 3 N–H and O–H groups in total. The number of carbonyl (C=O) groups is 1. The van der Waals surface area contributed by atoms with Gasteiger partial charge in [0.2, 0.25) is 0 Å². The van der Waals surface area contributed by atoms with Gasteiger partial charge in [0.25, 0.3) is 0 Å². The average molecular weight is 231 g/mol. The highest BCUT2D eigenvalue weighted by atomic mass is 19.2. The van der Waals surface area contributed by atoms with E-state index in [1.54, 1.807) is 0 Å². The number of hydrogen-bond donors (Lipinski definition) is 3. The molecule has 0 bridgehead atoms. The number of nitrogens with one attached hydrogen (secondary N) is 1. The zero-order valence-corrected chi connectivity index (χ0v) is 8.28. The molecule has 0 aliphatic carbocycles. The van der Waals surface area contributed by atoms with Crippen molar-refractivity contribution in [2.75, 3.05) is 13.1 Å². The number of rotatable bonds is 5. The highest BCUT2D eigenvalue weighted by molar-refractivity contribution is 5.68. The van der Waals surface area contributed by atoms with E-state index in [9.17, 15) is 18.7 Å². The van der Waals surface area contributed by atoms with Gasteiger partial charge in [-0.3, -0.25) is 4.79 Å². The van der Waals surface area contributed by atoms with Crippen molar-refractivity contribution in [1.82, 2.24) is 5.32 Å². The van der Waals surface area contributed by atoms with Crippen LogP contribution in [0.4, 0.5) is 8.78 Å². The first kappa shape index (κ1) is 12.5. The minimum absolute atomic E-state index is 0.0443. The third kappa shape index (κ3) is 3.56. The maximum atomic E-state index is 12.8. The number of carboxylic acid groups (broad SMARTS) is 1. The van der Waals surface area contributed by atoms with E-state index in [1.165, 1.54) is 6.07 Å². The van der Waals surface area contributed by atoms with E-state index < -0.39 is 23.7 Å². The Morgan fingerprint density at radius 1 is 1.38 bits per heavy atom. The summed E-state index contributed by atoms with van der Waals surface area (Å²) in [6.07, 6.45) is -1.07. The second-order valence-electron chi connectivity index (χ2n) is 3.21. The Morgan fingerprint density at radius 3 is 2.62 bits per heavy atom. The second kappa shape index (κ2) is 5.53. The fourth-order valence-electron chi connectivity index (χ4n) is 1.15. The molecule has 0 fully saturated rings. The van der Waals surface area contributed by atoms with E-state index >= 15 is 0 Å². The third-order valence-electron chi connectivity index (χ3n) is 1.94. The van der Waals surface area contributed by atoms with Crippen LogP contribution in [0.25, 0.3) is 0 Å². The van der Waals surface area contributed by atoms with Crippen LogP contribution in [0.3, 0.4) is 0 Å². The van der Waals surface area contributed by atoms with Gasteiger partial charge in [-0.05, 0) is 17.7 Å². The summed E-state index contributed by atoms with van der Waals surface area (Å²) in [5.41, 5.74) is 0.191. The van der Waals surface area contributed by atoms with Gasteiger partial charge in [-0.25, -0.2) is 8.78 Å². The Balaban J connectivity index is 2.55. The molecule has 0 saturated carbocycles. The summed E-state index contributed by atoms with van der Waals surface area (Å²) in [4.78, 5) is 10.2. The highest BCUT2D eigenvalue weighted by Gasteiger charge is 2.10. The quantitative estimate of drug-likeness (QED) is 0.696. The van der Waals surface area contributed by atoms with Gasteiger partial charge in [-0.2, -0.15) is 0 Å². The molecule has 0 aromatic heterocycles. The molecule has 1 aromatic carbocycles. The van der Waals surface area contributed by atoms with Crippen LogP contribution < -0.4 is 5.32 Å². The molecule has 0 aliphatic rings. The first-order valence-electron chi connectivity index (χ1n) is 4.56. The molecule has 1 aromatic rings. The summed E-state index contributed by atoms with van der Waals surface area (Å²) < 4.78 is 25.4.